The first-order valence-electron chi connectivity index (χ1n) is 8.81. The van der Waals surface area contributed by atoms with Crippen molar-refractivity contribution in [3.05, 3.63) is 48.5 Å². The van der Waals surface area contributed by atoms with Crippen LogP contribution in [0, 0.1) is 5.92 Å². The van der Waals surface area contributed by atoms with Gasteiger partial charge in [-0.15, -0.1) is 0 Å². The molecule has 2 amide bonds. The van der Waals surface area contributed by atoms with Gasteiger partial charge in [0.05, 0.1) is 25.0 Å². The van der Waals surface area contributed by atoms with Gasteiger partial charge in [-0.3, -0.25) is 19.0 Å². The number of nitrogens with zero attached hydrogens (tertiary/aromatic N) is 4. The number of likely N-dealkylation sites (tertiary alicyclic amines) is 1. The fourth-order valence-corrected chi connectivity index (χ4v) is 3.19. The minimum Gasteiger partial charge on any atom is -0.481 e. The number of benzene rings is 1. The van der Waals surface area contributed by atoms with Gasteiger partial charge in [0.1, 0.15) is 5.69 Å². The molecule has 0 atom stereocenters. The van der Waals surface area contributed by atoms with Crippen molar-refractivity contribution in [1.82, 2.24) is 19.4 Å². The molecule has 1 aliphatic heterocycles. The summed E-state index contributed by atoms with van der Waals surface area (Å²) < 4.78 is 1.68. The summed E-state index contributed by atoms with van der Waals surface area (Å²) in [6.45, 7) is 0.746. The van der Waals surface area contributed by atoms with E-state index in [0.29, 0.717) is 31.6 Å². The Balaban J connectivity index is 1.63. The van der Waals surface area contributed by atoms with Crippen molar-refractivity contribution in [3.8, 4) is 5.69 Å². The maximum Gasteiger partial charge on any atom is 0.306 e. The Hall–Kier alpha value is -3.16. The number of likely N-dealkylation sites (N-methyl/N-ethyl adjacent to an activating group) is 1. The second-order valence-corrected chi connectivity index (χ2v) is 6.64. The first-order valence-corrected chi connectivity index (χ1v) is 8.81. The average Bonchev–Trinajstić information content (AvgIpc) is 3.17. The van der Waals surface area contributed by atoms with Crippen LogP contribution in [0.1, 0.15) is 23.3 Å². The molecule has 8 nitrogen and oxygen atoms in total. The molecule has 1 fully saturated rings. The maximum atomic E-state index is 12.8. The Labute approximate surface area is 157 Å². The maximum absolute atomic E-state index is 12.8. The Morgan fingerprint density at radius 3 is 2.48 bits per heavy atom. The molecule has 0 radical (unpaired) electrons. The molecule has 3 rings (SSSR count). The van der Waals surface area contributed by atoms with Crippen molar-refractivity contribution in [2.45, 2.75) is 12.8 Å². The van der Waals surface area contributed by atoms with E-state index >= 15 is 0 Å². The Bertz CT molecular complexity index is 825. The molecule has 1 N–H and O–H groups in total. The third-order valence-corrected chi connectivity index (χ3v) is 4.81. The molecule has 27 heavy (non-hydrogen) atoms. The highest BCUT2D eigenvalue weighted by Crippen LogP contribution is 2.18. The summed E-state index contributed by atoms with van der Waals surface area (Å²) in [6.07, 6.45) is 3.93. The molecular formula is C19H22N4O4. The molecule has 8 heteroatoms. The minimum atomic E-state index is -0.816. The summed E-state index contributed by atoms with van der Waals surface area (Å²) in [5.74, 6) is -1.69. The lowest BCUT2D eigenvalue weighted by Crippen LogP contribution is -2.45. The largest absolute Gasteiger partial charge is 0.481 e. The Kier molecular flexibility index (Phi) is 5.54. The number of carboxylic acids is 1. The van der Waals surface area contributed by atoms with Crippen LogP contribution in [0.3, 0.4) is 0 Å². The summed E-state index contributed by atoms with van der Waals surface area (Å²) in [7, 11) is 1.58. The van der Waals surface area contributed by atoms with Crippen LogP contribution in [0.25, 0.3) is 5.69 Å². The number of carbonyl (C=O) groups is 3. The lowest BCUT2D eigenvalue weighted by atomic mass is 9.97. The molecule has 1 aromatic carbocycles. The molecule has 0 spiro atoms. The zero-order chi connectivity index (χ0) is 19.4. The number of carbonyl (C=O) groups excluding carboxylic acids is 2. The second-order valence-electron chi connectivity index (χ2n) is 6.64. The summed E-state index contributed by atoms with van der Waals surface area (Å²) in [6, 6.07) is 9.38. The van der Waals surface area contributed by atoms with Crippen LogP contribution >= 0.6 is 0 Å². The number of aliphatic carboxylic acids is 1. The lowest BCUT2D eigenvalue weighted by Gasteiger charge is -2.31. The zero-order valence-electron chi connectivity index (χ0n) is 15.1. The second kappa shape index (κ2) is 8.03. The summed E-state index contributed by atoms with van der Waals surface area (Å²) >= 11 is 0. The quantitative estimate of drug-likeness (QED) is 0.855. The fraction of sp³-hybridized carbons (Fsp3) is 0.368. The first kappa shape index (κ1) is 18.6. The van der Waals surface area contributed by atoms with Crippen LogP contribution < -0.4 is 0 Å². The lowest BCUT2D eigenvalue weighted by molar-refractivity contribution is -0.145. The highest BCUT2D eigenvalue weighted by molar-refractivity contribution is 5.95. The van der Waals surface area contributed by atoms with E-state index in [0.717, 1.165) is 5.69 Å². The van der Waals surface area contributed by atoms with E-state index in [-0.39, 0.29) is 18.4 Å². The molecule has 1 aliphatic rings. The number of para-hydroxylation sites is 1. The molecule has 1 aromatic heterocycles. The van der Waals surface area contributed by atoms with Gasteiger partial charge in [0.25, 0.3) is 5.91 Å². The minimum absolute atomic E-state index is 0.0590. The van der Waals surface area contributed by atoms with E-state index in [4.69, 9.17) is 5.11 Å². The highest BCUT2D eigenvalue weighted by Gasteiger charge is 2.28. The van der Waals surface area contributed by atoms with Crippen LogP contribution in [0.15, 0.2) is 42.9 Å². The molecule has 142 valence electrons. The fourth-order valence-electron chi connectivity index (χ4n) is 3.19. The van der Waals surface area contributed by atoms with Gasteiger partial charge in [0.15, 0.2) is 0 Å². The van der Waals surface area contributed by atoms with Crippen molar-refractivity contribution in [2.75, 3.05) is 26.7 Å². The molecule has 0 aliphatic carbocycles. The number of amides is 2. The van der Waals surface area contributed by atoms with Crippen molar-refractivity contribution < 1.29 is 19.5 Å². The van der Waals surface area contributed by atoms with Crippen LogP contribution in [0.4, 0.5) is 0 Å². The van der Waals surface area contributed by atoms with Crippen molar-refractivity contribution in [3.63, 3.8) is 0 Å². The monoisotopic (exact) mass is 370 g/mol. The van der Waals surface area contributed by atoms with Gasteiger partial charge in [0, 0.05) is 25.8 Å². The Morgan fingerprint density at radius 2 is 1.85 bits per heavy atom. The van der Waals surface area contributed by atoms with Crippen molar-refractivity contribution in [1.29, 1.82) is 0 Å². The topological polar surface area (TPSA) is 95.7 Å². The molecule has 1 saturated heterocycles. The first-order chi connectivity index (χ1) is 13.0. The zero-order valence-corrected chi connectivity index (χ0v) is 15.1. The third-order valence-electron chi connectivity index (χ3n) is 4.81. The number of carboxylic acid groups (broad SMARTS) is 1. The van der Waals surface area contributed by atoms with Crippen LogP contribution in [-0.4, -0.2) is 68.9 Å². The van der Waals surface area contributed by atoms with E-state index in [1.807, 2.05) is 30.3 Å². The Morgan fingerprint density at radius 1 is 1.19 bits per heavy atom. The molecule has 2 heterocycles. The van der Waals surface area contributed by atoms with Gasteiger partial charge in [-0.05, 0) is 25.0 Å². The number of rotatable bonds is 5. The average molecular weight is 370 g/mol. The standard InChI is InChI=1S/C19H22N4O4/c1-21(12-17(24)22-9-7-14(8-10-22)19(26)27)18(25)16-11-20-13-23(16)15-5-3-2-4-6-15/h2-6,11,13-14H,7-10,12H2,1H3,(H,26,27). The van der Waals surface area contributed by atoms with Gasteiger partial charge in [0.2, 0.25) is 5.91 Å². The summed E-state index contributed by atoms with van der Waals surface area (Å²) in [5.41, 5.74) is 1.19. The van der Waals surface area contributed by atoms with Crippen molar-refractivity contribution in [2.24, 2.45) is 5.92 Å². The number of hydrogen-bond donors (Lipinski definition) is 1. The van der Waals surface area contributed by atoms with Gasteiger partial charge < -0.3 is 14.9 Å². The van der Waals surface area contributed by atoms with Crippen LogP contribution in [0.5, 0.6) is 0 Å². The van der Waals surface area contributed by atoms with Crippen LogP contribution in [-0.2, 0) is 9.59 Å². The van der Waals surface area contributed by atoms with E-state index in [1.54, 1.807) is 22.8 Å². The van der Waals surface area contributed by atoms with Gasteiger partial charge in [-0.25, -0.2) is 4.98 Å². The number of imidazole rings is 1. The van der Waals surface area contributed by atoms with E-state index in [2.05, 4.69) is 4.98 Å². The SMILES string of the molecule is CN(CC(=O)N1CCC(C(=O)O)CC1)C(=O)c1cncn1-c1ccccc1. The van der Waals surface area contributed by atoms with Crippen LogP contribution in [0.2, 0.25) is 0 Å². The van der Waals surface area contributed by atoms with Gasteiger partial charge in [-0.2, -0.15) is 0 Å². The predicted octanol–water partition coefficient (Wildman–Crippen LogP) is 1.27. The van der Waals surface area contributed by atoms with E-state index < -0.39 is 11.9 Å². The number of hydrogen-bond acceptors (Lipinski definition) is 4. The van der Waals surface area contributed by atoms with Gasteiger partial charge in [-0.1, -0.05) is 18.2 Å². The van der Waals surface area contributed by atoms with Crippen molar-refractivity contribution >= 4 is 17.8 Å². The highest BCUT2D eigenvalue weighted by atomic mass is 16.4. The molecule has 0 bridgehead atoms. The summed E-state index contributed by atoms with van der Waals surface area (Å²) in [5, 5.41) is 9.04. The summed E-state index contributed by atoms with van der Waals surface area (Å²) in [4.78, 5) is 43.3. The predicted molar refractivity (Wildman–Crippen MR) is 97.5 cm³/mol. The normalized spacial score (nSPS) is 14.8. The number of piperidine rings is 1. The molecular weight excluding hydrogens is 348 g/mol. The van der Waals surface area contributed by atoms with E-state index in [1.165, 1.54) is 11.1 Å². The molecule has 0 saturated carbocycles. The third kappa shape index (κ3) is 4.16. The number of aromatic nitrogens is 2. The molecule has 2 aromatic rings. The smallest absolute Gasteiger partial charge is 0.306 e. The van der Waals surface area contributed by atoms with Gasteiger partial charge >= 0.3 is 5.97 Å². The molecule has 0 unspecified atom stereocenters. The van der Waals surface area contributed by atoms with E-state index in [9.17, 15) is 14.4 Å².